The highest BCUT2D eigenvalue weighted by molar-refractivity contribution is 6.31. The molecule has 27 heavy (non-hydrogen) atoms. The summed E-state index contributed by atoms with van der Waals surface area (Å²) in [5, 5.41) is 10.5. The third-order valence-corrected chi connectivity index (χ3v) is 4.42. The van der Waals surface area contributed by atoms with E-state index in [9.17, 15) is 14.7 Å². The predicted octanol–water partition coefficient (Wildman–Crippen LogP) is 2.21. The fraction of sp³-hybridized carbons (Fsp3) is 0.263. The van der Waals surface area contributed by atoms with Gasteiger partial charge in [0.15, 0.2) is 34.6 Å². The molecule has 0 aromatic heterocycles. The Morgan fingerprint density at radius 2 is 1.07 bits per heavy atom. The summed E-state index contributed by atoms with van der Waals surface area (Å²) in [7, 11) is 6.84. The van der Waals surface area contributed by atoms with Gasteiger partial charge in [0, 0.05) is 11.1 Å². The maximum absolute atomic E-state index is 13.2. The van der Waals surface area contributed by atoms with Crippen LogP contribution in [0.2, 0.25) is 0 Å². The molecule has 0 aliphatic heterocycles. The number of ketones is 2. The van der Waals surface area contributed by atoms with Gasteiger partial charge in [0.2, 0.25) is 11.5 Å². The SMILES string of the molecule is COc1cc2c(c(O)c1OC)C(=O)c1cc(OC)c(OC)c(OC)c1C2=O. The number of carbonyl (C=O) groups excluding carboxylic acids is 2. The van der Waals surface area contributed by atoms with E-state index in [-0.39, 0.29) is 51.0 Å². The average molecular weight is 374 g/mol. The van der Waals surface area contributed by atoms with Crippen molar-refractivity contribution in [2.45, 2.75) is 0 Å². The molecule has 142 valence electrons. The lowest BCUT2D eigenvalue weighted by Gasteiger charge is -2.24. The monoisotopic (exact) mass is 374 g/mol. The number of phenols is 1. The van der Waals surface area contributed by atoms with Gasteiger partial charge in [-0.2, -0.15) is 0 Å². The second-order valence-corrected chi connectivity index (χ2v) is 5.61. The topological polar surface area (TPSA) is 101 Å². The highest BCUT2D eigenvalue weighted by atomic mass is 16.5. The standard InChI is InChI=1S/C19H18O8/c1-23-10-6-8-12(16(22)17(10)25-3)14(20)9-7-11(24-2)18(26-4)19(27-5)13(9)15(8)21/h6-7,22H,1-5H3. The van der Waals surface area contributed by atoms with Gasteiger partial charge in [-0.3, -0.25) is 9.59 Å². The van der Waals surface area contributed by atoms with Crippen LogP contribution in [-0.2, 0) is 0 Å². The molecule has 1 aliphatic carbocycles. The first kappa shape index (κ1) is 18.4. The van der Waals surface area contributed by atoms with Crippen LogP contribution in [-0.4, -0.2) is 52.2 Å². The first-order valence-electron chi connectivity index (χ1n) is 7.85. The average Bonchev–Trinajstić information content (AvgIpc) is 2.69. The van der Waals surface area contributed by atoms with E-state index in [0.29, 0.717) is 0 Å². The molecule has 2 aromatic carbocycles. The first-order chi connectivity index (χ1) is 12.9. The van der Waals surface area contributed by atoms with E-state index in [0.717, 1.165) is 0 Å². The van der Waals surface area contributed by atoms with E-state index >= 15 is 0 Å². The molecule has 0 unspecified atom stereocenters. The zero-order valence-corrected chi connectivity index (χ0v) is 15.5. The molecule has 1 N–H and O–H groups in total. The summed E-state index contributed by atoms with van der Waals surface area (Å²) in [4.78, 5) is 26.3. The quantitative estimate of drug-likeness (QED) is 0.725. The lowest BCUT2D eigenvalue weighted by atomic mass is 9.82. The number of rotatable bonds is 5. The normalized spacial score (nSPS) is 12.2. The van der Waals surface area contributed by atoms with E-state index in [1.165, 1.54) is 47.7 Å². The Labute approximate surface area is 155 Å². The zero-order valence-electron chi connectivity index (χ0n) is 15.5. The molecule has 8 heteroatoms. The maximum atomic E-state index is 13.2. The van der Waals surface area contributed by atoms with Gasteiger partial charge in [-0.1, -0.05) is 0 Å². The van der Waals surface area contributed by atoms with Gasteiger partial charge in [0.05, 0.1) is 46.7 Å². The molecule has 0 bridgehead atoms. The zero-order chi connectivity index (χ0) is 19.9. The maximum Gasteiger partial charge on any atom is 0.204 e. The van der Waals surface area contributed by atoms with E-state index in [1.54, 1.807) is 0 Å². The summed E-state index contributed by atoms with van der Waals surface area (Å²) in [6.07, 6.45) is 0. The molecule has 3 rings (SSSR count). The molecule has 0 spiro atoms. The number of benzene rings is 2. The number of fused-ring (bicyclic) bond motifs is 2. The molecule has 8 nitrogen and oxygen atoms in total. The summed E-state index contributed by atoms with van der Waals surface area (Å²) in [6.45, 7) is 0. The molecule has 1 aliphatic rings. The largest absolute Gasteiger partial charge is 0.504 e. The predicted molar refractivity (Wildman–Crippen MR) is 94.2 cm³/mol. The number of aromatic hydroxyl groups is 1. The molecular formula is C19H18O8. The minimum Gasteiger partial charge on any atom is -0.504 e. The van der Waals surface area contributed by atoms with Crippen LogP contribution in [0, 0.1) is 0 Å². The lowest BCUT2D eigenvalue weighted by Crippen LogP contribution is -2.23. The second-order valence-electron chi connectivity index (χ2n) is 5.61. The van der Waals surface area contributed by atoms with Gasteiger partial charge < -0.3 is 28.8 Å². The van der Waals surface area contributed by atoms with E-state index < -0.39 is 17.3 Å². The van der Waals surface area contributed by atoms with Gasteiger partial charge >= 0.3 is 0 Å². The van der Waals surface area contributed by atoms with Gasteiger partial charge in [-0.05, 0) is 12.1 Å². The van der Waals surface area contributed by atoms with Crippen molar-refractivity contribution in [2.24, 2.45) is 0 Å². The minimum absolute atomic E-state index is 0.0202. The Morgan fingerprint density at radius 1 is 0.630 bits per heavy atom. The first-order valence-corrected chi connectivity index (χ1v) is 7.85. The van der Waals surface area contributed by atoms with E-state index in [4.69, 9.17) is 23.7 Å². The van der Waals surface area contributed by atoms with Gasteiger partial charge in [-0.15, -0.1) is 0 Å². The van der Waals surface area contributed by atoms with E-state index in [2.05, 4.69) is 0 Å². The van der Waals surface area contributed by atoms with Crippen LogP contribution in [0.3, 0.4) is 0 Å². The number of hydrogen-bond acceptors (Lipinski definition) is 8. The van der Waals surface area contributed by atoms with Crippen molar-refractivity contribution in [3.8, 4) is 34.5 Å². The van der Waals surface area contributed by atoms with Crippen molar-refractivity contribution in [2.75, 3.05) is 35.5 Å². The Kier molecular flexibility index (Phi) is 4.57. The highest BCUT2D eigenvalue weighted by Gasteiger charge is 2.39. The van der Waals surface area contributed by atoms with Crippen molar-refractivity contribution in [3.63, 3.8) is 0 Å². The number of methoxy groups -OCH3 is 5. The Morgan fingerprint density at radius 3 is 1.56 bits per heavy atom. The van der Waals surface area contributed by atoms with Crippen molar-refractivity contribution < 1.29 is 38.4 Å². The fourth-order valence-corrected chi connectivity index (χ4v) is 3.21. The Hall–Kier alpha value is -3.42. The van der Waals surface area contributed by atoms with Crippen molar-refractivity contribution in [1.29, 1.82) is 0 Å². The van der Waals surface area contributed by atoms with Crippen LogP contribution in [0.25, 0.3) is 0 Å². The van der Waals surface area contributed by atoms with Crippen LogP contribution in [0.15, 0.2) is 12.1 Å². The Balaban J connectivity index is 2.40. The molecule has 0 saturated heterocycles. The molecule has 0 heterocycles. The summed E-state index contributed by atoms with van der Waals surface area (Å²) >= 11 is 0. The van der Waals surface area contributed by atoms with Crippen molar-refractivity contribution in [1.82, 2.24) is 0 Å². The number of carbonyl (C=O) groups is 2. The third-order valence-electron chi connectivity index (χ3n) is 4.42. The number of hydrogen-bond donors (Lipinski definition) is 1. The Bertz CT molecular complexity index is 961. The third kappa shape index (κ3) is 2.44. The minimum atomic E-state index is -0.572. The highest BCUT2D eigenvalue weighted by Crippen LogP contribution is 2.49. The molecule has 0 amide bonds. The smallest absolute Gasteiger partial charge is 0.204 e. The summed E-state index contributed by atoms with van der Waals surface area (Å²) in [5.41, 5.74) is -0.128. The number of phenolic OH excluding ortho intramolecular Hbond substituents is 1. The lowest BCUT2D eigenvalue weighted by molar-refractivity contribution is 0.0972. The summed E-state index contributed by atoms with van der Waals surface area (Å²) in [5.74, 6) is -0.988. The van der Waals surface area contributed by atoms with Crippen LogP contribution in [0.4, 0.5) is 0 Å². The summed E-state index contributed by atoms with van der Waals surface area (Å²) < 4.78 is 26.2. The van der Waals surface area contributed by atoms with Gasteiger partial charge in [-0.25, -0.2) is 0 Å². The van der Waals surface area contributed by atoms with Gasteiger partial charge in [0.1, 0.15) is 0 Å². The number of ether oxygens (including phenoxy) is 5. The second kappa shape index (κ2) is 6.71. The molecule has 0 atom stereocenters. The van der Waals surface area contributed by atoms with Crippen LogP contribution < -0.4 is 23.7 Å². The van der Waals surface area contributed by atoms with E-state index in [1.807, 2.05) is 0 Å². The van der Waals surface area contributed by atoms with Crippen LogP contribution in [0.1, 0.15) is 31.8 Å². The molecule has 2 aromatic rings. The molecule has 0 fully saturated rings. The van der Waals surface area contributed by atoms with Crippen molar-refractivity contribution in [3.05, 3.63) is 34.4 Å². The molecule has 0 radical (unpaired) electrons. The van der Waals surface area contributed by atoms with Crippen LogP contribution >= 0.6 is 0 Å². The van der Waals surface area contributed by atoms with Crippen molar-refractivity contribution >= 4 is 11.6 Å². The molecule has 0 saturated carbocycles. The van der Waals surface area contributed by atoms with Crippen LogP contribution in [0.5, 0.6) is 34.5 Å². The molecular weight excluding hydrogens is 356 g/mol. The van der Waals surface area contributed by atoms with Gasteiger partial charge in [0.25, 0.3) is 0 Å². The summed E-state index contributed by atoms with van der Waals surface area (Å²) in [6, 6.07) is 2.74. The fourth-order valence-electron chi connectivity index (χ4n) is 3.21.